The SMILES string of the molecule is CC(C)c1csc(C2CCCN(Cc3noc(CN)n3)C2)n1. The molecule has 3 rings (SSSR count). The van der Waals surface area contributed by atoms with Crippen LogP contribution in [-0.2, 0) is 13.1 Å². The van der Waals surface area contributed by atoms with Gasteiger partial charge in [0.2, 0.25) is 5.89 Å². The molecule has 1 aliphatic heterocycles. The fourth-order valence-corrected chi connectivity index (χ4v) is 3.90. The largest absolute Gasteiger partial charge is 0.338 e. The summed E-state index contributed by atoms with van der Waals surface area (Å²) in [5.74, 6) is 2.25. The van der Waals surface area contributed by atoms with Crippen LogP contribution in [0, 0.1) is 0 Å². The van der Waals surface area contributed by atoms with Crippen molar-refractivity contribution in [1.82, 2.24) is 20.0 Å². The Kier molecular flexibility index (Phi) is 4.85. The number of aromatic nitrogens is 3. The summed E-state index contributed by atoms with van der Waals surface area (Å²) < 4.78 is 5.07. The van der Waals surface area contributed by atoms with Crippen LogP contribution >= 0.6 is 11.3 Å². The molecule has 0 bridgehead atoms. The second-order valence-electron chi connectivity index (χ2n) is 6.15. The molecule has 2 aromatic heterocycles. The number of rotatable bonds is 5. The van der Waals surface area contributed by atoms with Crippen molar-refractivity contribution < 1.29 is 4.52 Å². The fourth-order valence-electron chi connectivity index (χ4n) is 2.79. The van der Waals surface area contributed by atoms with E-state index in [1.54, 1.807) is 11.3 Å². The molecule has 1 aliphatic rings. The Labute approximate surface area is 134 Å². The van der Waals surface area contributed by atoms with Gasteiger partial charge in [-0.1, -0.05) is 19.0 Å². The topological polar surface area (TPSA) is 81.1 Å². The van der Waals surface area contributed by atoms with Crippen LogP contribution in [0.15, 0.2) is 9.90 Å². The molecular formula is C15H23N5OS. The van der Waals surface area contributed by atoms with Gasteiger partial charge in [-0.25, -0.2) is 4.98 Å². The minimum Gasteiger partial charge on any atom is -0.338 e. The van der Waals surface area contributed by atoms with E-state index in [4.69, 9.17) is 15.2 Å². The lowest BCUT2D eigenvalue weighted by molar-refractivity contribution is 0.193. The molecule has 120 valence electrons. The van der Waals surface area contributed by atoms with E-state index in [2.05, 4.69) is 34.3 Å². The minimum absolute atomic E-state index is 0.298. The minimum atomic E-state index is 0.298. The maximum atomic E-state index is 5.50. The average Bonchev–Trinajstić information content (AvgIpc) is 3.16. The molecule has 0 spiro atoms. The summed E-state index contributed by atoms with van der Waals surface area (Å²) in [6.07, 6.45) is 2.39. The van der Waals surface area contributed by atoms with Crippen molar-refractivity contribution in [3.8, 4) is 0 Å². The van der Waals surface area contributed by atoms with Gasteiger partial charge in [0.15, 0.2) is 5.82 Å². The van der Waals surface area contributed by atoms with Crippen LogP contribution in [0.25, 0.3) is 0 Å². The number of nitrogens with two attached hydrogens (primary N) is 1. The van der Waals surface area contributed by atoms with Crippen molar-refractivity contribution in [2.45, 2.75) is 51.6 Å². The maximum Gasteiger partial charge on any atom is 0.240 e. The van der Waals surface area contributed by atoms with E-state index in [0.717, 1.165) is 25.5 Å². The second-order valence-corrected chi connectivity index (χ2v) is 7.04. The van der Waals surface area contributed by atoms with Crippen molar-refractivity contribution >= 4 is 11.3 Å². The van der Waals surface area contributed by atoms with Crippen LogP contribution in [0.2, 0.25) is 0 Å². The summed E-state index contributed by atoms with van der Waals surface area (Å²) in [6, 6.07) is 0. The second kappa shape index (κ2) is 6.85. The van der Waals surface area contributed by atoms with E-state index in [9.17, 15) is 0 Å². The van der Waals surface area contributed by atoms with Crippen molar-refractivity contribution in [3.05, 3.63) is 27.8 Å². The summed E-state index contributed by atoms with van der Waals surface area (Å²) in [7, 11) is 0. The molecule has 7 heteroatoms. The van der Waals surface area contributed by atoms with Crippen molar-refractivity contribution in [2.24, 2.45) is 5.73 Å². The number of thiazole rings is 1. The van der Waals surface area contributed by atoms with Gasteiger partial charge < -0.3 is 10.3 Å². The summed E-state index contributed by atoms with van der Waals surface area (Å²) in [6.45, 7) is 7.49. The first-order valence-corrected chi connectivity index (χ1v) is 8.73. The molecule has 0 aliphatic carbocycles. The lowest BCUT2D eigenvalue weighted by Crippen LogP contribution is -2.34. The Morgan fingerprint density at radius 1 is 1.45 bits per heavy atom. The normalized spacial score (nSPS) is 19.9. The molecule has 0 amide bonds. The highest BCUT2D eigenvalue weighted by atomic mass is 32.1. The lowest BCUT2D eigenvalue weighted by Gasteiger charge is -2.30. The Morgan fingerprint density at radius 3 is 3.00 bits per heavy atom. The van der Waals surface area contributed by atoms with Crippen molar-refractivity contribution in [3.63, 3.8) is 0 Å². The maximum absolute atomic E-state index is 5.50. The highest BCUT2D eigenvalue weighted by molar-refractivity contribution is 7.09. The van der Waals surface area contributed by atoms with Gasteiger partial charge in [-0.05, 0) is 25.3 Å². The number of likely N-dealkylation sites (tertiary alicyclic amines) is 1. The van der Waals surface area contributed by atoms with Crippen LogP contribution in [-0.4, -0.2) is 33.1 Å². The summed E-state index contributed by atoms with van der Waals surface area (Å²) in [5.41, 5.74) is 6.72. The Morgan fingerprint density at radius 2 is 2.32 bits per heavy atom. The van der Waals surface area contributed by atoms with Gasteiger partial charge in [-0.2, -0.15) is 4.98 Å². The monoisotopic (exact) mass is 321 g/mol. The highest BCUT2D eigenvalue weighted by Gasteiger charge is 2.25. The molecule has 6 nitrogen and oxygen atoms in total. The van der Waals surface area contributed by atoms with Gasteiger partial charge in [0.1, 0.15) is 0 Å². The van der Waals surface area contributed by atoms with Gasteiger partial charge in [-0.3, -0.25) is 4.90 Å². The highest BCUT2D eigenvalue weighted by Crippen LogP contribution is 2.31. The van der Waals surface area contributed by atoms with Gasteiger partial charge in [-0.15, -0.1) is 11.3 Å². The molecule has 2 aromatic rings. The zero-order chi connectivity index (χ0) is 15.5. The number of nitrogens with zero attached hydrogens (tertiary/aromatic N) is 4. The standard InChI is InChI=1S/C15H23N5OS/c1-10(2)12-9-22-15(17-12)11-4-3-5-20(7-11)8-13-18-14(6-16)21-19-13/h9-11H,3-8,16H2,1-2H3. The molecule has 3 heterocycles. The molecule has 1 unspecified atom stereocenters. The molecule has 1 saturated heterocycles. The van der Waals surface area contributed by atoms with Gasteiger partial charge >= 0.3 is 0 Å². The molecule has 22 heavy (non-hydrogen) atoms. The van der Waals surface area contributed by atoms with Crippen LogP contribution in [0.1, 0.15) is 60.9 Å². The van der Waals surface area contributed by atoms with Crippen molar-refractivity contribution in [1.29, 1.82) is 0 Å². The molecule has 0 aromatic carbocycles. The van der Waals surface area contributed by atoms with Crippen LogP contribution in [0.5, 0.6) is 0 Å². The number of piperidine rings is 1. The Hall–Kier alpha value is -1.31. The van der Waals surface area contributed by atoms with E-state index in [1.165, 1.54) is 23.5 Å². The summed E-state index contributed by atoms with van der Waals surface area (Å²) in [4.78, 5) is 11.5. The summed E-state index contributed by atoms with van der Waals surface area (Å²) in [5, 5.41) is 7.45. The van der Waals surface area contributed by atoms with E-state index >= 15 is 0 Å². The first kappa shape index (κ1) is 15.6. The van der Waals surface area contributed by atoms with Gasteiger partial charge in [0.05, 0.1) is 23.8 Å². The molecule has 1 fully saturated rings. The fraction of sp³-hybridized carbons (Fsp3) is 0.667. The zero-order valence-electron chi connectivity index (χ0n) is 13.2. The Balaban J connectivity index is 1.63. The number of hydrogen-bond donors (Lipinski definition) is 1. The quantitative estimate of drug-likeness (QED) is 0.911. The Bertz CT molecular complexity index is 609. The molecular weight excluding hydrogens is 298 g/mol. The van der Waals surface area contributed by atoms with Crippen molar-refractivity contribution in [2.75, 3.05) is 13.1 Å². The molecule has 2 N–H and O–H groups in total. The van der Waals surface area contributed by atoms with Crippen LogP contribution in [0.4, 0.5) is 0 Å². The van der Waals surface area contributed by atoms with E-state index in [1.807, 2.05) is 0 Å². The first-order chi connectivity index (χ1) is 10.7. The van der Waals surface area contributed by atoms with Crippen LogP contribution in [0.3, 0.4) is 0 Å². The summed E-state index contributed by atoms with van der Waals surface area (Å²) >= 11 is 1.80. The molecule has 0 radical (unpaired) electrons. The third-order valence-electron chi connectivity index (χ3n) is 4.04. The van der Waals surface area contributed by atoms with E-state index in [0.29, 0.717) is 24.3 Å². The van der Waals surface area contributed by atoms with Gasteiger partial charge in [0.25, 0.3) is 0 Å². The third-order valence-corrected chi connectivity index (χ3v) is 5.06. The third kappa shape index (κ3) is 3.53. The lowest BCUT2D eigenvalue weighted by atomic mass is 9.98. The van der Waals surface area contributed by atoms with E-state index < -0.39 is 0 Å². The zero-order valence-corrected chi connectivity index (χ0v) is 14.0. The van der Waals surface area contributed by atoms with Crippen LogP contribution < -0.4 is 5.73 Å². The first-order valence-electron chi connectivity index (χ1n) is 7.85. The van der Waals surface area contributed by atoms with E-state index in [-0.39, 0.29) is 0 Å². The predicted octanol–water partition coefficient (Wildman–Crippen LogP) is 2.49. The smallest absolute Gasteiger partial charge is 0.240 e. The number of hydrogen-bond acceptors (Lipinski definition) is 7. The van der Waals surface area contributed by atoms with Gasteiger partial charge in [0, 0.05) is 17.8 Å². The predicted molar refractivity (Wildman–Crippen MR) is 85.6 cm³/mol. The molecule has 0 saturated carbocycles. The average molecular weight is 321 g/mol. The molecule has 1 atom stereocenters.